The standard InChI is InChI=1S/C21H27N3O3/c1-14-11-15(2)23-20(25)18(14)13-22-21(26)24-10-6-8-17(24)12-16-7-4-5-9-19(16)27-3/h4-5,7,9,11,17H,6,8,10,12-13H2,1-3H3,(H,22,26)(H,23,25)/t17-/m0/s1. The zero-order valence-electron chi connectivity index (χ0n) is 16.2. The highest BCUT2D eigenvalue weighted by Crippen LogP contribution is 2.26. The lowest BCUT2D eigenvalue weighted by atomic mass is 10.0. The van der Waals surface area contributed by atoms with Gasteiger partial charge < -0.3 is 19.9 Å². The van der Waals surface area contributed by atoms with Crippen molar-refractivity contribution in [3.63, 3.8) is 0 Å². The first-order valence-corrected chi connectivity index (χ1v) is 9.35. The molecular weight excluding hydrogens is 342 g/mol. The van der Waals surface area contributed by atoms with E-state index in [1.807, 2.05) is 49.1 Å². The molecule has 2 heterocycles. The molecule has 0 saturated carbocycles. The lowest BCUT2D eigenvalue weighted by Crippen LogP contribution is -2.44. The summed E-state index contributed by atoms with van der Waals surface area (Å²) in [6, 6.07) is 9.87. The smallest absolute Gasteiger partial charge is 0.317 e. The third-order valence-corrected chi connectivity index (χ3v) is 5.20. The van der Waals surface area contributed by atoms with E-state index in [2.05, 4.69) is 10.3 Å². The number of nitrogens with one attached hydrogen (secondary N) is 2. The second kappa shape index (κ2) is 8.29. The molecule has 1 aromatic carbocycles. The van der Waals surface area contributed by atoms with Gasteiger partial charge in [0.25, 0.3) is 5.56 Å². The molecule has 1 atom stereocenters. The third kappa shape index (κ3) is 4.32. The topological polar surface area (TPSA) is 74.4 Å². The van der Waals surface area contributed by atoms with Crippen molar-refractivity contribution in [2.75, 3.05) is 13.7 Å². The number of pyridine rings is 1. The lowest BCUT2D eigenvalue weighted by Gasteiger charge is -2.25. The minimum atomic E-state index is -0.139. The summed E-state index contributed by atoms with van der Waals surface area (Å²) in [7, 11) is 1.67. The number of aromatic amines is 1. The van der Waals surface area contributed by atoms with Gasteiger partial charge in [-0.05, 0) is 56.4 Å². The molecule has 27 heavy (non-hydrogen) atoms. The lowest BCUT2D eigenvalue weighted by molar-refractivity contribution is 0.191. The minimum absolute atomic E-state index is 0.119. The van der Waals surface area contributed by atoms with Crippen molar-refractivity contribution in [2.45, 2.75) is 45.7 Å². The first-order chi connectivity index (χ1) is 13.0. The Morgan fingerprint density at radius 2 is 2.11 bits per heavy atom. The number of carbonyl (C=O) groups excluding carboxylic acids is 1. The van der Waals surface area contributed by atoms with Crippen LogP contribution in [0.25, 0.3) is 0 Å². The van der Waals surface area contributed by atoms with E-state index in [1.165, 1.54) is 0 Å². The summed E-state index contributed by atoms with van der Waals surface area (Å²) in [5.74, 6) is 0.853. The van der Waals surface area contributed by atoms with Crippen LogP contribution in [0, 0.1) is 13.8 Å². The number of nitrogens with zero attached hydrogens (tertiary/aromatic N) is 1. The maximum atomic E-state index is 12.7. The van der Waals surface area contributed by atoms with E-state index < -0.39 is 0 Å². The van der Waals surface area contributed by atoms with Crippen LogP contribution in [0.3, 0.4) is 0 Å². The van der Waals surface area contributed by atoms with E-state index in [9.17, 15) is 9.59 Å². The molecule has 1 aromatic heterocycles. The summed E-state index contributed by atoms with van der Waals surface area (Å²) in [5, 5.41) is 2.92. The molecule has 2 amide bonds. The molecule has 0 aliphatic carbocycles. The monoisotopic (exact) mass is 369 g/mol. The van der Waals surface area contributed by atoms with Crippen molar-refractivity contribution in [1.82, 2.24) is 15.2 Å². The molecular formula is C21H27N3O3. The highest BCUT2D eigenvalue weighted by Gasteiger charge is 2.29. The number of hydrogen-bond acceptors (Lipinski definition) is 3. The number of ether oxygens (including phenoxy) is 1. The Bertz CT molecular complexity index is 875. The molecule has 6 nitrogen and oxygen atoms in total. The number of benzene rings is 1. The van der Waals surface area contributed by atoms with Crippen molar-refractivity contribution >= 4 is 6.03 Å². The van der Waals surface area contributed by atoms with Crippen LogP contribution in [0.2, 0.25) is 0 Å². The Morgan fingerprint density at radius 1 is 1.33 bits per heavy atom. The van der Waals surface area contributed by atoms with E-state index in [-0.39, 0.29) is 24.2 Å². The molecule has 0 radical (unpaired) electrons. The van der Waals surface area contributed by atoms with Crippen molar-refractivity contribution in [1.29, 1.82) is 0 Å². The van der Waals surface area contributed by atoms with E-state index in [0.29, 0.717) is 5.56 Å². The molecule has 0 bridgehead atoms. The second-order valence-corrected chi connectivity index (χ2v) is 7.11. The van der Waals surface area contributed by atoms with Gasteiger partial charge in [0, 0.05) is 23.8 Å². The van der Waals surface area contributed by atoms with Crippen LogP contribution in [-0.4, -0.2) is 35.6 Å². The van der Waals surface area contributed by atoms with Gasteiger partial charge in [-0.3, -0.25) is 4.79 Å². The van der Waals surface area contributed by atoms with Gasteiger partial charge in [-0.25, -0.2) is 4.79 Å². The zero-order valence-corrected chi connectivity index (χ0v) is 16.2. The maximum Gasteiger partial charge on any atom is 0.317 e. The first kappa shape index (κ1) is 19.0. The van der Waals surface area contributed by atoms with Crippen LogP contribution < -0.4 is 15.6 Å². The summed E-state index contributed by atoms with van der Waals surface area (Å²) >= 11 is 0. The summed E-state index contributed by atoms with van der Waals surface area (Å²) in [6.45, 7) is 4.71. The third-order valence-electron chi connectivity index (χ3n) is 5.20. The summed E-state index contributed by atoms with van der Waals surface area (Å²) in [6.07, 6.45) is 2.72. The van der Waals surface area contributed by atoms with Crippen LogP contribution in [0.1, 0.15) is 35.2 Å². The molecule has 2 N–H and O–H groups in total. The van der Waals surface area contributed by atoms with Crippen LogP contribution in [0.15, 0.2) is 35.1 Å². The number of carbonyl (C=O) groups is 1. The minimum Gasteiger partial charge on any atom is -0.496 e. The van der Waals surface area contributed by atoms with Crippen molar-refractivity contribution in [2.24, 2.45) is 0 Å². The number of rotatable bonds is 5. The van der Waals surface area contributed by atoms with Crippen molar-refractivity contribution in [3.05, 3.63) is 63.1 Å². The molecule has 144 valence electrons. The second-order valence-electron chi connectivity index (χ2n) is 7.11. The Morgan fingerprint density at radius 3 is 2.85 bits per heavy atom. The molecule has 1 fully saturated rings. The van der Waals surface area contributed by atoms with Crippen LogP contribution in [-0.2, 0) is 13.0 Å². The van der Waals surface area contributed by atoms with Gasteiger partial charge in [0.2, 0.25) is 0 Å². The summed E-state index contributed by atoms with van der Waals surface area (Å²) in [4.78, 5) is 29.5. The Balaban J connectivity index is 1.66. The van der Waals surface area contributed by atoms with Gasteiger partial charge in [0.05, 0.1) is 13.7 Å². The van der Waals surface area contributed by atoms with Gasteiger partial charge in [-0.1, -0.05) is 18.2 Å². The van der Waals surface area contributed by atoms with Gasteiger partial charge in [0.1, 0.15) is 5.75 Å². The number of amides is 2. The fourth-order valence-electron chi connectivity index (χ4n) is 3.81. The number of aromatic nitrogens is 1. The highest BCUT2D eigenvalue weighted by molar-refractivity contribution is 5.75. The van der Waals surface area contributed by atoms with Gasteiger partial charge in [-0.2, -0.15) is 0 Å². The number of hydrogen-bond donors (Lipinski definition) is 2. The van der Waals surface area contributed by atoms with Gasteiger partial charge in [-0.15, -0.1) is 0 Å². The van der Waals surface area contributed by atoms with Gasteiger partial charge >= 0.3 is 6.03 Å². The molecule has 3 rings (SSSR count). The van der Waals surface area contributed by atoms with E-state index in [4.69, 9.17) is 4.74 Å². The SMILES string of the molecule is COc1ccccc1C[C@@H]1CCCN1C(=O)NCc1c(C)cc(C)[nH]c1=O. The maximum absolute atomic E-state index is 12.7. The Labute approximate surface area is 159 Å². The fraction of sp³-hybridized carbons (Fsp3) is 0.429. The predicted octanol–water partition coefficient (Wildman–Crippen LogP) is 2.92. The molecule has 2 aromatic rings. The van der Waals surface area contributed by atoms with E-state index >= 15 is 0 Å². The average Bonchev–Trinajstić information content (AvgIpc) is 3.09. The number of aryl methyl sites for hydroxylation is 2. The predicted molar refractivity (Wildman–Crippen MR) is 105 cm³/mol. The number of urea groups is 1. The number of methoxy groups -OCH3 is 1. The molecule has 1 saturated heterocycles. The molecule has 6 heteroatoms. The highest BCUT2D eigenvalue weighted by atomic mass is 16.5. The number of likely N-dealkylation sites (tertiary alicyclic amines) is 1. The fourth-order valence-corrected chi connectivity index (χ4v) is 3.81. The molecule has 1 aliphatic heterocycles. The number of para-hydroxylation sites is 1. The Hall–Kier alpha value is -2.76. The molecule has 0 spiro atoms. The summed E-state index contributed by atoms with van der Waals surface area (Å²) in [5.41, 5.74) is 3.29. The number of H-pyrrole nitrogens is 1. The molecule has 0 unspecified atom stereocenters. The quantitative estimate of drug-likeness (QED) is 0.851. The molecule has 1 aliphatic rings. The first-order valence-electron chi connectivity index (χ1n) is 9.35. The van der Waals surface area contributed by atoms with Crippen LogP contribution in [0.5, 0.6) is 5.75 Å². The van der Waals surface area contributed by atoms with Crippen LogP contribution >= 0.6 is 0 Å². The Kier molecular flexibility index (Phi) is 5.84. The summed E-state index contributed by atoms with van der Waals surface area (Å²) < 4.78 is 5.44. The van der Waals surface area contributed by atoms with E-state index in [0.717, 1.165) is 48.4 Å². The zero-order chi connectivity index (χ0) is 19.4. The van der Waals surface area contributed by atoms with E-state index in [1.54, 1.807) is 7.11 Å². The van der Waals surface area contributed by atoms with Gasteiger partial charge in [0.15, 0.2) is 0 Å². The van der Waals surface area contributed by atoms with Crippen molar-refractivity contribution < 1.29 is 9.53 Å². The van der Waals surface area contributed by atoms with Crippen LogP contribution in [0.4, 0.5) is 4.79 Å². The average molecular weight is 369 g/mol. The largest absolute Gasteiger partial charge is 0.496 e. The van der Waals surface area contributed by atoms with Crippen molar-refractivity contribution in [3.8, 4) is 5.75 Å². The normalized spacial score (nSPS) is 16.4.